The molecular weight excluding hydrogens is 356 g/mol. The summed E-state index contributed by atoms with van der Waals surface area (Å²) in [6, 6.07) is 4.22. The third-order valence-electron chi connectivity index (χ3n) is 4.83. The molecule has 1 atom stereocenters. The molecule has 1 aromatic rings. The fourth-order valence-corrected chi connectivity index (χ4v) is 4.86. The number of benzene rings is 1. The van der Waals surface area contributed by atoms with Crippen molar-refractivity contribution >= 4 is 21.9 Å². The Morgan fingerprint density at radius 1 is 1.27 bits per heavy atom. The predicted molar refractivity (Wildman–Crippen MR) is 97.6 cm³/mol. The molecule has 1 unspecified atom stereocenters. The van der Waals surface area contributed by atoms with Crippen molar-refractivity contribution in [2.75, 3.05) is 19.6 Å². The topological polar surface area (TPSA) is 95.0 Å². The van der Waals surface area contributed by atoms with E-state index in [-0.39, 0.29) is 23.3 Å². The number of carboxylic acid groups (broad SMARTS) is 1. The van der Waals surface area contributed by atoms with Crippen LogP contribution in [0.15, 0.2) is 23.1 Å². The lowest BCUT2D eigenvalue weighted by Gasteiger charge is -2.25. The number of likely N-dealkylation sites (tertiary alicyclic amines) is 1. The van der Waals surface area contributed by atoms with Crippen LogP contribution in [0.2, 0.25) is 0 Å². The third kappa shape index (κ3) is 4.07. The van der Waals surface area contributed by atoms with E-state index in [4.69, 9.17) is 5.11 Å². The van der Waals surface area contributed by atoms with Gasteiger partial charge in [0.1, 0.15) is 0 Å². The molecular formula is C18H26N2O5S. The maximum atomic E-state index is 13.0. The summed E-state index contributed by atoms with van der Waals surface area (Å²) in [5, 5.41) is 9.04. The van der Waals surface area contributed by atoms with Crippen molar-refractivity contribution in [2.45, 2.75) is 51.0 Å². The van der Waals surface area contributed by atoms with Gasteiger partial charge in [0, 0.05) is 31.2 Å². The van der Waals surface area contributed by atoms with Crippen LogP contribution in [0.3, 0.4) is 0 Å². The molecule has 1 aliphatic heterocycles. The Hall–Kier alpha value is -1.93. The van der Waals surface area contributed by atoms with E-state index in [1.54, 1.807) is 31.7 Å². The fraction of sp³-hybridized carbons (Fsp3) is 0.556. The fourth-order valence-electron chi connectivity index (χ4n) is 3.38. The molecule has 0 aromatic heterocycles. The van der Waals surface area contributed by atoms with Gasteiger partial charge in [0.05, 0.1) is 11.3 Å². The van der Waals surface area contributed by atoms with E-state index in [0.717, 1.165) is 6.42 Å². The number of nitrogens with zero attached hydrogens (tertiary/aromatic N) is 2. The third-order valence-corrected chi connectivity index (χ3v) is 6.88. The van der Waals surface area contributed by atoms with Crippen molar-refractivity contribution < 1.29 is 23.1 Å². The molecule has 0 saturated carbocycles. The maximum Gasteiger partial charge on any atom is 0.305 e. The molecule has 1 saturated heterocycles. The number of amides is 1. The van der Waals surface area contributed by atoms with Crippen LogP contribution < -0.4 is 0 Å². The Morgan fingerprint density at radius 3 is 2.50 bits per heavy atom. The summed E-state index contributed by atoms with van der Waals surface area (Å²) in [4.78, 5) is 25.7. The molecule has 8 heteroatoms. The van der Waals surface area contributed by atoms with Crippen LogP contribution in [0.5, 0.6) is 0 Å². The van der Waals surface area contributed by atoms with Crippen LogP contribution in [-0.2, 0) is 14.8 Å². The molecule has 0 spiro atoms. The van der Waals surface area contributed by atoms with Gasteiger partial charge in [0.25, 0.3) is 5.91 Å². The number of aliphatic carboxylic acids is 1. The van der Waals surface area contributed by atoms with Crippen molar-refractivity contribution in [3.8, 4) is 0 Å². The molecule has 0 bridgehead atoms. The lowest BCUT2D eigenvalue weighted by molar-refractivity contribution is -0.137. The first kappa shape index (κ1) is 20.4. The average molecular weight is 382 g/mol. The number of carboxylic acids is 1. The lowest BCUT2D eigenvalue weighted by atomic mass is 10.1. The number of hydrogen-bond acceptors (Lipinski definition) is 4. The Morgan fingerprint density at radius 2 is 1.92 bits per heavy atom. The van der Waals surface area contributed by atoms with Gasteiger partial charge in [-0.25, -0.2) is 8.42 Å². The summed E-state index contributed by atoms with van der Waals surface area (Å²) in [5.41, 5.74) is 0.991. The smallest absolute Gasteiger partial charge is 0.305 e. The highest BCUT2D eigenvalue weighted by atomic mass is 32.2. The van der Waals surface area contributed by atoms with Crippen LogP contribution >= 0.6 is 0 Å². The normalized spacial score (nSPS) is 17.7. The maximum absolute atomic E-state index is 13.0. The zero-order valence-corrected chi connectivity index (χ0v) is 16.3. The van der Waals surface area contributed by atoms with Gasteiger partial charge in [-0.15, -0.1) is 0 Å². The van der Waals surface area contributed by atoms with E-state index in [2.05, 4.69) is 0 Å². The van der Waals surface area contributed by atoms with Crippen molar-refractivity contribution in [1.82, 2.24) is 9.21 Å². The van der Waals surface area contributed by atoms with Gasteiger partial charge in [0.15, 0.2) is 0 Å². The van der Waals surface area contributed by atoms with Crippen LogP contribution in [0.25, 0.3) is 0 Å². The molecule has 144 valence electrons. The van der Waals surface area contributed by atoms with Crippen LogP contribution in [-0.4, -0.2) is 60.3 Å². The zero-order valence-electron chi connectivity index (χ0n) is 15.4. The summed E-state index contributed by atoms with van der Waals surface area (Å²) in [6.45, 7) is 6.47. The summed E-state index contributed by atoms with van der Waals surface area (Å²) < 4.78 is 26.8. The highest BCUT2D eigenvalue weighted by Crippen LogP contribution is 2.26. The van der Waals surface area contributed by atoms with Crippen molar-refractivity contribution in [1.29, 1.82) is 0 Å². The second-order valence-electron chi connectivity index (χ2n) is 6.46. The summed E-state index contributed by atoms with van der Waals surface area (Å²) >= 11 is 0. The lowest BCUT2D eigenvalue weighted by Crippen LogP contribution is -2.37. The molecule has 1 heterocycles. The van der Waals surface area contributed by atoms with Gasteiger partial charge >= 0.3 is 5.97 Å². The largest absolute Gasteiger partial charge is 0.481 e. The van der Waals surface area contributed by atoms with Crippen molar-refractivity contribution in [3.05, 3.63) is 29.3 Å². The first-order valence-corrected chi connectivity index (χ1v) is 10.3. The number of carbonyl (C=O) groups excluding carboxylic acids is 1. The minimum absolute atomic E-state index is 0.0872. The molecule has 0 aliphatic carbocycles. The van der Waals surface area contributed by atoms with Gasteiger partial charge < -0.3 is 10.0 Å². The van der Waals surface area contributed by atoms with E-state index < -0.39 is 16.0 Å². The Labute approximate surface area is 154 Å². The zero-order chi connectivity index (χ0) is 19.5. The predicted octanol–water partition coefficient (Wildman–Crippen LogP) is 2.10. The van der Waals surface area contributed by atoms with E-state index in [0.29, 0.717) is 37.2 Å². The molecule has 1 fully saturated rings. The van der Waals surface area contributed by atoms with Crippen molar-refractivity contribution in [2.24, 2.45) is 0 Å². The standard InChI is InChI=1S/C18H26N2O5S/c1-4-19(5-2)26(24,25)15-9-8-13(3)16(12-15)18(23)20-10-6-7-14(20)11-17(21)22/h8-9,12,14H,4-7,10-11H2,1-3H3,(H,21,22). The minimum atomic E-state index is -3.66. The van der Waals surface area contributed by atoms with Crippen LogP contribution in [0.1, 0.15) is 49.0 Å². The quantitative estimate of drug-likeness (QED) is 0.779. The molecule has 1 aromatic carbocycles. The number of carbonyl (C=O) groups is 2. The number of sulfonamides is 1. The molecule has 1 aliphatic rings. The van der Waals surface area contributed by atoms with Gasteiger partial charge in [0.2, 0.25) is 10.0 Å². The second-order valence-corrected chi connectivity index (χ2v) is 8.40. The Bertz CT molecular complexity index is 787. The molecule has 26 heavy (non-hydrogen) atoms. The van der Waals surface area contributed by atoms with Gasteiger partial charge in [-0.3, -0.25) is 9.59 Å². The molecule has 1 N–H and O–H groups in total. The summed E-state index contributed by atoms with van der Waals surface area (Å²) in [7, 11) is -3.66. The number of aryl methyl sites for hydroxylation is 1. The Balaban J connectivity index is 2.38. The van der Waals surface area contributed by atoms with Crippen LogP contribution in [0.4, 0.5) is 0 Å². The van der Waals surface area contributed by atoms with E-state index >= 15 is 0 Å². The summed E-state index contributed by atoms with van der Waals surface area (Å²) in [6.07, 6.45) is 1.30. The highest BCUT2D eigenvalue weighted by molar-refractivity contribution is 7.89. The SMILES string of the molecule is CCN(CC)S(=O)(=O)c1ccc(C)c(C(=O)N2CCCC2CC(=O)O)c1. The summed E-state index contributed by atoms with van der Waals surface area (Å²) in [5.74, 6) is -1.24. The van der Waals surface area contributed by atoms with Gasteiger partial charge in [-0.1, -0.05) is 19.9 Å². The van der Waals surface area contributed by atoms with E-state index in [9.17, 15) is 18.0 Å². The van der Waals surface area contributed by atoms with Gasteiger partial charge in [-0.2, -0.15) is 4.31 Å². The average Bonchev–Trinajstić information content (AvgIpc) is 3.02. The first-order valence-electron chi connectivity index (χ1n) is 8.85. The molecule has 7 nitrogen and oxygen atoms in total. The van der Waals surface area contributed by atoms with E-state index in [1.165, 1.54) is 16.4 Å². The minimum Gasteiger partial charge on any atom is -0.481 e. The van der Waals surface area contributed by atoms with Crippen molar-refractivity contribution in [3.63, 3.8) is 0 Å². The van der Waals surface area contributed by atoms with Crippen LogP contribution in [0, 0.1) is 6.92 Å². The van der Waals surface area contributed by atoms with Gasteiger partial charge in [-0.05, 0) is 37.5 Å². The highest BCUT2D eigenvalue weighted by Gasteiger charge is 2.32. The molecule has 1 amide bonds. The van der Waals surface area contributed by atoms with E-state index in [1.807, 2.05) is 0 Å². The number of hydrogen-bond donors (Lipinski definition) is 1. The molecule has 2 rings (SSSR count). The second kappa shape index (κ2) is 8.18. The Kier molecular flexibility index (Phi) is 6.41. The molecule has 0 radical (unpaired) electrons. The monoisotopic (exact) mass is 382 g/mol. The number of rotatable bonds is 7. The first-order chi connectivity index (χ1) is 12.2.